The van der Waals surface area contributed by atoms with Crippen LogP contribution in [0, 0.1) is 17.3 Å². The van der Waals surface area contributed by atoms with Gasteiger partial charge in [0.25, 0.3) is 0 Å². The maximum atomic E-state index is 11.9. The Kier molecular flexibility index (Phi) is 5.39. The van der Waals surface area contributed by atoms with Crippen LogP contribution in [0.4, 0.5) is 0 Å². The van der Waals surface area contributed by atoms with Gasteiger partial charge in [0.05, 0.1) is 6.54 Å². The van der Waals surface area contributed by atoms with Crippen molar-refractivity contribution in [1.82, 2.24) is 10.6 Å². The Morgan fingerprint density at radius 2 is 1.79 bits per heavy atom. The molecule has 4 nitrogen and oxygen atoms in total. The van der Waals surface area contributed by atoms with Crippen molar-refractivity contribution in [3.8, 4) is 0 Å². The van der Waals surface area contributed by atoms with Crippen LogP contribution in [-0.4, -0.2) is 24.4 Å². The summed E-state index contributed by atoms with van der Waals surface area (Å²) in [5.74, 6) is 0.996. The number of hydrogen-bond acceptors (Lipinski definition) is 2. The maximum absolute atomic E-state index is 11.9. The lowest BCUT2D eigenvalue weighted by atomic mass is 9.78. The van der Waals surface area contributed by atoms with Gasteiger partial charge in [0.1, 0.15) is 0 Å². The molecule has 0 aromatic carbocycles. The molecule has 0 radical (unpaired) electrons. The van der Waals surface area contributed by atoms with E-state index in [2.05, 4.69) is 24.5 Å². The number of amides is 2. The molecule has 0 heterocycles. The van der Waals surface area contributed by atoms with Crippen LogP contribution in [0.1, 0.15) is 53.9 Å². The van der Waals surface area contributed by atoms with Gasteiger partial charge in [0.15, 0.2) is 0 Å². The fraction of sp³-hybridized carbons (Fsp3) is 0.867. The normalized spacial score (nSPS) is 27.7. The first kappa shape index (κ1) is 16.0. The minimum Gasteiger partial charge on any atom is -0.352 e. The zero-order chi connectivity index (χ0) is 14.6. The molecule has 19 heavy (non-hydrogen) atoms. The first-order valence-corrected chi connectivity index (χ1v) is 7.29. The maximum Gasteiger partial charge on any atom is 0.239 e. The van der Waals surface area contributed by atoms with Gasteiger partial charge in [-0.3, -0.25) is 9.59 Å². The van der Waals surface area contributed by atoms with E-state index in [1.165, 1.54) is 12.8 Å². The molecule has 1 aliphatic carbocycles. The summed E-state index contributed by atoms with van der Waals surface area (Å²) in [4.78, 5) is 23.6. The number of hydrogen-bond donors (Lipinski definition) is 2. The number of rotatable bonds is 3. The Bertz CT molecular complexity index is 334. The van der Waals surface area contributed by atoms with E-state index in [1.807, 2.05) is 20.8 Å². The van der Waals surface area contributed by atoms with Crippen molar-refractivity contribution in [1.29, 1.82) is 0 Å². The Labute approximate surface area is 116 Å². The van der Waals surface area contributed by atoms with E-state index in [-0.39, 0.29) is 24.4 Å². The van der Waals surface area contributed by atoms with Gasteiger partial charge in [-0.15, -0.1) is 0 Å². The van der Waals surface area contributed by atoms with Crippen molar-refractivity contribution in [2.75, 3.05) is 6.54 Å². The lowest BCUT2D eigenvalue weighted by Gasteiger charge is -2.34. The van der Waals surface area contributed by atoms with Gasteiger partial charge in [0, 0.05) is 11.5 Å². The van der Waals surface area contributed by atoms with E-state index < -0.39 is 5.41 Å². The molecule has 0 spiro atoms. The lowest BCUT2D eigenvalue weighted by Crippen LogP contribution is -2.48. The molecule has 1 saturated carbocycles. The second kappa shape index (κ2) is 6.40. The number of nitrogens with one attached hydrogen (secondary N) is 2. The molecule has 1 aliphatic rings. The van der Waals surface area contributed by atoms with Crippen molar-refractivity contribution in [2.24, 2.45) is 17.3 Å². The van der Waals surface area contributed by atoms with Gasteiger partial charge >= 0.3 is 0 Å². The average Bonchev–Trinajstić information content (AvgIpc) is 2.30. The first-order chi connectivity index (χ1) is 8.71. The SMILES string of the molecule is C[C@H]1[C@H](C)CCC[C@@H]1NC(=O)CNC(=O)C(C)(C)C. The lowest BCUT2D eigenvalue weighted by molar-refractivity contribution is -0.131. The topological polar surface area (TPSA) is 58.2 Å². The summed E-state index contributed by atoms with van der Waals surface area (Å²) < 4.78 is 0. The molecule has 0 aromatic rings. The first-order valence-electron chi connectivity index (χ1n) is 7.29. The molecule has 0 unspecified atom stereocenters. The molecule has 2 N–H and O–H groups in total. The van der Waals surface area contributed by atoms with Gasteiger partial charge in [-0.2, -0.15) is 0 Å². The smallest absolute Gasteiger partial charge is 0.239 e. The largest absolute Gasteiger partial charge is 0.352 e. The standard InChI is InChI=1S/C15H28N2O2/c1-10-7-6-8-12(11(10)2)17-13(18)9-16-14(19)15(3,4)5/h10-12H,6-9H2,1-5H3,(H,16,19)(H,17,18)/t10-,11+,12+/m1/s1. The monoisotopic (exact) mass is 268 g/mol. The van der Waals surface area contributed by atoms with Crippen LogP contribution in [0.2, 0.25) is 0 Å². The predicted octanol–water partition coefficient (Wildman–Crippen LogP) is 2.09. The molecule has 4 heteroatoms. The second-order valence-electron chi connectivity index (χ2n) is 6.87. The van der Waals surface area contributed by atoms with Gasteiger partial charge in [0.2, 0.25) is 11.8 Å². The molecule has 0 saturated heterocycles. The Morgan fingerprint density at radius 1 is 1.16 bits per heavy atom. The molecule has 110 valence electrons. The summed E-state index contributed by atoms with van der Waals surface area (Å²) in [5.41, 5.74) is -0.451. The van der Waals surface area contributed by atoms with Crippen LogP contribution in [0.15, 0.2) is 0 Å². The molecule has 3 atom stereocenters. The highest BCUT2D eigenvalue weighted by Gasteiger charge is 2.28. The summed E-state index contributed by atoms with van der Waals surface area (Å²) in [6, 6.07) is 0.253. The Balaban J connectivity index is 2.37. The summed E-state index contributed by atoms with van der Waals surface area (Å²) in [7, 11) is 0. The molecule has 0 bridgehead atoms. The van der Waals surface area contributed by atoms with Crippen molar-refractivity contribution >= 4 is 11.8 Å². The van der Waals surface area contributed by atoms with E-state index in [0.29, 0.717) is 11.8 Å². The van der Waals surface area contributed by atoms with E-state index in [0.717, 1.165) is 6.42 Å². The molecular weight excluding hydrogens is 240 g/mol. The number of carbonyl (C=O) groups is 2. The third-order valence-corrected chi connectivity index (χ3v) is 4.14. The minimum atomic E-state index is -0.451. The summed E-state index contributed by atoms with van der Waals surface area (Å²) in [6.45, 7) is 10.0. The van der Waals surface area contributed by atoms with Gasteiger partial charge in [-0.25, -0.2) is 0 Å². The van der Waals surface area contributed by atoms with E-state index in [9.17, 15) is 9.59 Å². The van der Waals surface area contributed by atoms with E-state index in [1.54, 1.807) is 0 Å². The summed E-state index contributed by atoms with van der Waals surface area (Å²) >= 11 is 0. The third kappa shape index (κ3) is 4.84. The molecular formula is C15H28N2O2. The van der Waals surface area contributed by atoms with Crippen LogP contribution in [-0.2, 0) is 9.59 Å². The van der Waals surface area contributed by atoms with Crippen molar-refractivity contribution in [3.05, 3.63) is 0 Å². The van der Waals surface area contributed by atoms with Crippen molar-refractivity contribution < 1.29 is 9.59 Å². The molecule has 1 fully saturated rings. The highest BCUT2D eigenvalue weighted by molar-refractivity contribution is 5.87. The third-order valence-electron chi connectivity index (χ3n) is 4.14. The summed E-state index contributed by atoms with van der Waals surface area (Å²) in [5, 5.41) is 5.74. The predicted molar refractivity (Wildman–Crippen MR) is 76.6 cm³/mol. The molecule has 0 aromatic heterocycles. The quantitative estimate of drug-likeness (QED) is 0.823. The highest BCUT2D eigenvalue weighted by Crippen LogP contribution is 2.29. The number of carbonyl (C=O) groups excluding carboxylic acids is 2. The highest BCUT2D eigenvalue weighted by atomic mass is 16.2. The van der Waals surface area contributed by atoms with Crippen LogP contribution in [0.5, 0.6) is 0 Å². The second-order valence-corrected chi connectivity index (χ2v) is 6.87. The summed E-state index contributed by atoms with van der Waals surface area (Å²) in [6.07, 6.45) is 3.46. The van der Waals surface area contributed by atoms with Gasteiger partial charge < -0.3 is 10.6 Å². The fourth-order valence-electron chi connectivity index (χ4n) is 2.47. The van der Waals surface area contributed by atoms with E-state index >= 15 is 0 Å². The Morgan fingerprint density at radius 3 is 2.37 bits per heavy atom. The van der Waals surface area contributed by atoms with E-state index in [4.69, 9.17) is 0 Å². The zero-order valence-electron chi connectivity index (χ0n) is 12.9. The Hall–Kier alpha value is -1.06. The van der Waals surface area contributed by atoms with Crippen molar-refractivity contribution in [3.63, 3.8) is 0 Å². The van der Waals surface area contributed by atoms with Gasteiger partial charge in [-0.05, 0) is 18.3 Å². The molecule has 0 aliphatic heterocycles. The van der Waals surface area contributed by atoms with Crippen molar-refractivity contribution in [2.45, 2.75) is 59.9 Å². The average molecular weight is 268 g/mol. The fourth-order valence-corrected chi connectivity index (χ4v) is 2.47. The van der Waals surface area contributed by atoms with Crippen LogP contribution in [0.25, 0.3) is 0 Å². The van der Waals surface area contributed by atoms with Gasteiger partial charge in [-0.1, -0.05) is 47.5 Å². The van der Waals surface area contributed by atoms with Crippen LogP contribution < -0.4 is 10.6 Å². The molecule has 1 rings (SSSR count). The van der Waals surface area contributed by atoms with Crippen LogP contribution in [0.3, 0.4) is 0 Å². The van der Waals surface area contributed by atoms with Crippen LogP contribution >= 0.6 is 0 Å². The zero-order valence-corrected chi connectivity index (χ0v) is 12.9. The molecule has 2 amide bonds. The minimum absolute atomic E-state index is 0.0771.